The number of carbonyl (C=O) groups is 1. The molecule has 4 nitrogen and oxygen atoms in total. The van der Waals surface area contributed by atoms with Crippen molar-refractivity contribution >= 4 is 17.2 Å². The van der Waals surface area contributed by atoms with Crippen molar-refractivity contribution in [1.29, 1.82) is 0 Å². The van der Waals surface area contributed by atoms with Crippen LogP contribution in [0.4, 0.5) is 0 Å². The summed E-state index contributed by atoms with van der Waals surface area (Å²) < 4.78 is 0. The Labute approximate surface area is 125 Å². The van der Waals surface area contributed by atoms with Gasteiger partial charge in [0.05, 0.1) is 6.04 Å². The van der Waals surface area contributed by atoms with Gasteiger partial charge in [0.15, 0.2) is 0 Å². The van der Waals surface area contributed by atoms with E-state index in [1.54, 1.807) is 6.92 Å². The number of nitrogens with two attached hydrogens (primary N) is 1. The second-order valence-electron chi connectivity index (χ2n) is 5.51. The molecule has 2 atom stereocenters. The van der Waals surface area contributed by atoms with E-state index in [4.69, 9.17) is 5.73 Å². The van der Waals surface area contributed by atoms with Crippen LogP contribution in [0.25, 0.3) is 0 Å². The standard InChI is InChI=1S/C15H25N3OS/c1-4-13(16)15(14-6-5-11(2)20-14)18-9-7-17(8-10-18)12(3)19/h5-6,13,15H,4,7-10,16H2,1-3H3. The zero-order valence-corrected chi connectivity index (χ0v) is 13.4. The minimum Gasteiger partial charge on any atom is -0.340 e. The first-order valence-corrected chi connectivity index (χ1v) is 8.16. The lowest BCUT2D eigenvalue weighted by Gasteiger charge is -2.40. The van der Waals surface area contributed by atoms with E-state index < -0.39 is 0 Å². The molecule has 20 heavy (non-hydrogen) atoms. The molecule has 1 aromatic heterocycles. The summed E-state index contributed by atoms with van der Waals surface area (Å²) in [5, 5.41) is 0. The number of rotatable bonds is 4. The molecule has 1 saturated heterocycles. The van der Waals surface area contributed by atoms with Gasteiger partial charge in [0.2, 0.25) is 5.91 Å². The monoisotopic (exact) mass is 295 g/mol. The van der Waals surface area contributed by atoms with E-state index >= 15 is 0 Å². The van der Waals surface area contributed by atoms with Gasteiger partial charge in [-0.05, 0) is 25.5 Å². The van der Waals surface area contributed by atoms with Gasteiger partial charge in [-0.1, -0.05) is 6.92 Å². The van der Waals surface area contributed by atoms with E-state index in [1.165, 1.54) is 9.75 Å². The lowest BCUT2D eigenvalue weighted by molar-refractivity contribution is -0.130. The first-order chi connectivity index (χ1) is 9.52. The van der Waals surface area contributed by atoms with Crippen LogP contribution in [-0.4, -0.2) is 47.9 Å². The molecule has 5 heteroatoms. The van der Waals surface area contributed by atoms with Crippen LogP contribution in [0.3, 0.4) is 0 Å². The van der Waals surface area contributed by atoms with Crippen LogP contribution >= 0.6 is 11.3 Å². The molecule has 1 aliphatic rings. The maximum absolute atomic E-state index is 11.4. The minimum atomic E-state index is 0.150. The number of amides is 1. The quantitative estimate of drug-likeness (QED) is 0.924. The van der Waals surface area contributed by atoms with Crippen LogP contribution < -0.4 is 5.73 Å². The SMILES string of the molecule is CCC(N)C(c1ccc(C)s1)N1CCN(C(C)=O)CC1. The number of hydrogen-bond donors (Lipinski definition) is 1. The Balaban J connectivity index is 2.11. The summed E-state index contributed by atoms with van der Waals surface area (Å²) in [5.41, 5.74) is 6.37. The summed E-state index contributed by atoms with van der Waals surface area (Å²) in [5.74, 6) is 0.174. The normalized spacial score (nSPS) is 19.9. The fourth-order valence-corrected chi connectivity index (χ4v) is 3.90. The molecular formula is C15H25N3OS. The Kier molecular flexibility index (Phi) is 5.18. The van der Waals surface area contributed by atoms with Crippen molar-refractivity contribution in [2.45, 2.75) is 39.3 Å². The number of piperazine rings is 1. The van der Waals surface area contributed by atoms with Crippen molar-refractivity contribution in [2.24, 2.45) is 5.73 Å². The van der Waals surface area contributed by atoms with Gasteiger partial charge in [-0.25, -0.2) is 0 Å². The molecule has 2 heterocycles. The van der Waals surface area contributed by atoms with Gasteiger partial charge in [0.1, 0.15) is 0 Å². The molecule has 0 radical (unpaired) electrons. The zero-order valence-electron chi connectivity index (χ0n) is 12.6. The first-order valence-electron chi connectivity index (χ1n) is 7.34. The molecule has 0 saturated carbocycles. The van der Waals surface area contributed by atoms with Gasteiger partial charge in [-0.3, -0.25) is 9.69 Å². The molecule has 0 spiro atoms. The lowest BCUT2D eigenvalue weighted by atomic mass is 10.0. The Morgan fingerprint density at radius 3 is 2.45 bits per heavy atom. The molecule has 1 aliphatic heterocycles. The highest BCUT2D eigenvalue weighted by Crippen LogP contribution is 2.31. The molecule has 2 N–H and O–H groups in total. The van der Waals surface area contributed by atoms with Crippen LogP contribution in [0.2, 0.25) is 0 Å². The topological polar surface area (TPSA) is 49.6 Å². The molecule has 1 aromatic rings. The van der Waals surface area contributed by atoms with Crippen LogP contribution in [-0.2, 0) is 4.79 Å². The summed E-state index contributed by atoms with van der Waals surface area (Å²) in [6.45, 7) is 9.37. The van der Waals surface area contributed by atoms with E-state index in [1.807, 2.05) is 16.2 Å². The number of thiophene rings is 1. The van der Waals surface area contributed by atoms with Crippen molar-refractivity contribution in [3.05, 3.63) is 21.9 Å². The maximum atomic E-state index is 11.4. The van der Waals surface area contributed by atoms with Crippen molar-refractivity contribution in [2.75, 3.05) is 26.2 Å². The summed E-state index contributed by atoms with van der Waals surface area (Å²) in [4.78, 5) is 18.5. The van der Waals surface area contributed by atoms with Crippen molar-refractivity contribution in [3.63, 3.8) is 0 Å². The summed E-state index contributed by atoms with van der Waals surface area (Å²) in [6, 6.07) is 4.81. The average Bonchev–Trinajstić information content (AvgIpc) is 2.85. The molecule has 0 bridgehead atoms. The van der Waals surface area contributed by atoms with Crippen LogP contribution in [0.15, 0.2) is 12.1 Å². The largest absolute Gasteiger partial charge is 0.340 e. The Morgan fingerprint density at radius 2 is 2.00 bits per heavy atom. The number of hydrogen-bond acceptors (Lipinski definition) is 4. The minimum absolute atomic E-state index is 0.150. The molecule has 1 amide bonds. The van der Waals surface area contributed by atoms with Gasteiger partial charge in [-0.15, -0.1) is 11.3 Å². The highest BCUT2D eigenvalue weighted by molar-refractivity contribution is 7.12. The molecule has 2 rings (SSSR count). The molecule has 112 valence electrons. The summed E-state index contributed by atoms with van der Waals surface area (Å²) >= 11 is 1.84. The van der Waals surface area contributed by atoms with Crippen LogP contribution in [0.1, 0.15) is 36.1 Å². The Hall–Kier alpha value is -0.910. The number of carbonyl (C=O) groups excluding carboxylic acids is 1. The van der Waals surface area contributed by atoms with Crippen LogP contribution in [0.5, 0.6) is 0 Å². The van der Waals surface area contributed by atoms with Crippen molar-refractivity contribution in [3.8, 4) is 0 Å². The lowest BCUT2D eigenvalue weighted by Crippen LogP contribution is -2.52. The van der Waals surface area contributed by atoms with Gasteiger partial charge in [0, 0.05) is 48.9 Å². The molecular weight excluding hydrogens is 270 g/mol. The highest BCUT2D eigenvalue weighted by Gasteiger charge is 2.30. The third-order valence-electron chi connectivity index (χ3n) is 4.08. The van der Waals surface area contributed by atoms with Gasteiger partial charge in [-0.2, -0.15) is 0 Å². The average molecular weight is 295 g/mol. The predicted octanol–water partition coefficient (Wildman–Crippen LogP) is 2.00. The fourth-order valence-electron chi connectivity index (χ4n) is 2.81. The Morgan fingerprint density at radius 1 is 1.35 bits per heavy atom. The highest BCUT2D eigenvalue weighted by atomic mass is 32.1. The number of aryl methyl sites for hydroxylation is 1. The van der Waals surface area contributed by atoms with Crippen molar-refractivity contribution < 1.29 is 4.79 Å². The maximum Gasteiger partial charge on any atom is 0.219 e. The summed E-state index contributed by atoms with van der Waals surface area (Å²) in [7, 11) is 0. The van der Waals surface area contributed by atoms with Gasteiger partial charge >= 0.3 is 0 Å². The predicted molar refractivity (Wildman–Crippen MR) is 83.9 cm³/mol. The Bertz CT molecular complexity index is 452. The van der Waals surface area contributed by atoms with E-state index in [-0.39, 0.29) is 18.0 Å². The van der Waals surface area contributed by atoms with Crippen molar-refractivity contribution in [1.82, 2.24) is 9.80 Å². The second kappa shape index (κ2) is 6.70. The van der Waals surface area contributed by atoms with E-state index in [2.05, 4.69) is 30.9 Å². The smallest absolute Gasteiger partial charge is 0.219 e. The third kappa shape index (κ3) is 3.40. The first kappa shape index (κ1) is 15.5. The summed E-state index contributed by atoms with van der Waals surface area (Å²) in [6.07, 6.45) is 0.967. The van der Waals surface area contributed by atoms with Crippen LogP contribution in [0, 0.1) is 6.92 Å². The number of nitrogens with zero attached hydrogens (tertiary/aromatic N) is 2. The van der Waals surface area contributed by atoms with E-state index in [9.17, 15) is 4.79 Å². The second-order valence-corrected chi connectivity index (χ2v) is 6.83. The zero-order chi connectivity index (χ0) is 14.7. The van der Waals surface area contributed by atoms with Gasteiger partial charge in [0.25, 0.3) is 0 Å². The molecule has 2 unspecified atom stereocenters. The molecule has 1 fully saturated rings. The third-order valence-corrected chi connectivity index (χ3v) is 5.15. The molecule has 0 aliphatic carbocycles. The van der Waals surface area contributed by atoms with E-state index in [0.29, 0.717) is 0 Å². The van der Waals surface area contributed by atoms with Gasteiger partial charge < -0.3 is 10.6 Å². The molecule has 0 aromatic carbocycles. The van der Waals surface area contributed by atoms with E-state index in [0.717, 1.165) is 32.6 Å². The fraction of sp³-hybridized carbons (Fsp3) is 0.667.